The van der Waals surface area contributed by atoms with Gasteiger partial charge in [0.05, 0.1) is 11.6 Å². The first-order valence-corrected chi connectivity index (χ1v) is 12.7. The van der Waals surface area contributed by atoms with E-state index in [2.05, 4.69) is 6.08 Å². The number of phenols is 1. The van der Waals surface area contributed by atoms with Gasteiger partial charge in [-0.25, -0.2) is 0 Å². The van der Waals surface area contributed by atoms with Crippen LogP contribution in [0.3, 0.4) is 0 Å². The molecule has 4 atom stereocenters. The number of nitrogens with zero attached hydrogens (tertiary/aromatic N) is 1. The molecule has 9 heteroatoms. The fourth-order valence-electron chi connectivity index (χ4n) is 7.00. The van der Waals surface area contributed by atoms with Crippen LogP contribution in [0.5, 0.6) is 5.75 Å². The summed E-state index contributed by atoms with van der Waals surface area (Å²) in [5, 5.41) is 44.9. The molecule has 39 heavy (non-hydrogen) atoms. The molecule has 2 aromatic rings. The van der Waals surface area contributed by atoms with Gasteiger partial charge in [-0.15, -0.1) is 0 Å². The number of carbonyl (C=O) groups is 3. The van der Waals surface area contributed by atoms with E-state index in [1.54, 1.807) is 20.2 Å². The van der Waals surface area contributed by atoms with E-state index in [1.807, 2.05) is 24.3 Å². The van der Waals surface area contributed by atoms with E-state index in [-0.39, 0.29) is 29.7 Å². The van der Waals surface area contributed by atoms with Gasteiger partial charge in [-0.2, -0.15) is 0 Å². The summed E-state index contributed by atoms with van der Waals surface area (Å²) in [6, 6.07) is 10.1. The van der Waals surface area contributed by atoms with Crippen molar-refractivity contribution in [3.8, 4) is 5.75 Å². The standard InChI is InChI=1S/C30H28N2O7/c1-32(2)24-19-12-16-11-18-17(15-9-13-5-3-4-6-14(13)10-15)7-8-20(33)22(18)25(34)21(16)27(36)30(19,39)28(37)23(26(24)35)29(31)38/h3-9,16,19,24,33-34,37,39H,10-12H2,1-2H3,(H2,31,38)/t16-,19-,24-,30-/m0/s1. The molecule has 0 bridgehead atoms. The number of aromatic hydroxyl groups is 1. The van der Waals surface area contributed by atoms with E-state index >= 15 is 0 Å². The van der Waals surface area contributed by atoms with Gasteiger partial charge in [-0.3, -0.25) is 19.3 Å². The number of aliphatic hydroxyl groups excluding tert-OH is 2. The second kappa shape index (κ2) is 8.39. The summed E-state index contributed by atoms with van der Waals surface area (Å²) in [6.07, 6.45) is 3.05. The van der Waals surface area contributed by atoms with Crippen molar-refractivity contribution in [1.82, 2.24) is 4.90 Å². The highest BCUT2D eigenvalue weighted by molar-refractivity contribution is 6.24. The van der Waals surface area contributed by atoms with Crippen LogP contribution in [-0.2, 0) is 27.2 Å². The molecule has 0 aliphatic heterocycles. The summed E-state index contributed by atoms with van der Waals surface area (Å²) >= 11 is 0. The number of fused-ring (bicyclic) bond motifs is 4. The molecule has 0 saturated heterocycles. The predicted octanol–water partition coefficient (Wildman–Crippen LogP) is 2.06. The van der Waals surface area contributed by atoms with Gasteiger partial charge in [0.2, 0.25) is 5.78 Å². The van der Waals surface area contributed by atoms with Crippen molar-refractivity contribution in [2.45, 2.75) is 30.9 Å². The van der Waals surface area contributed by atoms with Gasteiger partial charge in [0.15, 0.2) is 11.4 Å². The summed E-state index contributed by atoms with van der Waals surface area (Å²) < 4.78 is 0. The molecule has 1 fully saturated rings. The molecule has 4 aliphatic rings. The molecule has 4 aliphatic carbocycles. The topological polar surface area (TPSA) is 161 Å². The maximum atomic E-state index is 14.0. The Labute approximate surface area is 224 Å². The highest BCUT2D eigenvalue weighted by Gasteiger charge is 2.64. The lowest BCUT2D eigenvalue weighted by molar-refractivity contribution is -0.153. The van der Waals surface area contributed by atoms with Crippen molar-refractivity contribution in [2.75, 3.05) is 14.1 Å². The van der Waals surface area contributed by atoms with Crippen molar-refractivity contribution in [3.05, 3.63) is 81.1 Å². The molecule has 1 saturated carbocycles. The Morgan fingerprint density at radius 1 is 1.08 bits per heavy atom. The van der Waals surface area contributed by atoms with Crippen LogP contribution >= 0.6 is 0 Å². The zero-order valence-electron chi connectivity index (χ0n) is 21.4. The van der Waals surface area contributed by atoms with Crippen molar-refractivity contribution >= 4 is 34.9 Å². The number of likely N-dealkylation sites (N-methyl/N-ethyl adjacent to an activating group) is 1. The molecule has 0 unspecified atom stereocenters. The number of phenolic OH excluding ortho intramolecular Hbond substituents is 1. The van der Waals surface area contributed by atoms with Crippen LogP contribution in [0, 0.1) is 11.8 Å². The summed E-state index contributed by atoms with van der Waals surface area (Å²) in [7, 11) is 3.15. The van der Waals surface area contributed by atoms with Gasteiger partial charge in [-0.05, 0) is 73.2 Å². The van der Waals surface area contributed by atoms with Crippen molar-refractivity contribution < 1.29 is 34.8 Å². The van der Waals surface area contributed by atoms with Gasteiger partial charge < -0.3 is 26.2 Å². The average molecular weight is 529 g/mol. The highest BCUT2D eigenvalue weighted by atomic mass is 16.3. The van der Waals surface area contributed by atoms with Gasteiger partial charge in [0.1, 0.15) is 22.8 Å². The SMILES string of the molecule is CN(C)[C@@H]1C(=O)C(C(N)=O)=C(O)[C@@]2(O)C(=O)C3=C(O)c4c(O)ccc(C5=Cc6ccccc6C5)c4C[C@H]3C[C@@H]12. The van der Waals surface area contributed by atoms with Crippen LogP contribution in [0.25, 0.3) is 17.4 Å². The second-order valence-electron chi connectivity index (χ2n) is 11.0. The van der Waals surface area contributed by atoms with Crippen LogP contribution in [0.4, 0.5) is 0 Å². The monoisotopic (exact) mass is 528 g/mol. The van der Waals surface area contributed by atoms with E-state index in [9.17, 15) is 34.8 Å². The Morgan fingerprint density at radius 3 is 2.46 bits per heavy atom. The highest BCUT2D eigenvalue weighted by Crippen LogP contribution is 2.53. The Hall–Kier alpha value is -4.21. The van der Waals surface area contributed by atoms with Gasteiger partial charge in [0.25, 0.3) is 5.91 Å². The van der Waals surface area contributed by atoms with Crippen LogP contribution in [0.15, 0.2) is 53.3 Å². The first kappa shape index (κ1) is 25.1. The zero-order chi connectivity index (χ0) is 28.0. The molecular formula is C30H28N2O7. The minimum atomic E-state index is -2.65. The van der Waals surface area contributed by atoms with Crippen LogP contribution in [0.1, 0.15) is 34.2 Å². The number of hydrogen-bond acceptors (Lipinski definition) is 8. The Kier molecular flexibility index (Phi) is 5.40. The summed E-state index contributed by atoms with van der Waals surface area (Å²) in [5.41, 5.74) is 6.60. The zero-order valence-corrected chi connectivity index (χ0v) is 21.4. The molecule has 0 spiro atoms. The molecule has 6 N–H and O–H groups in total. The molecule has 0 heterocycles. The predicted molar refractivity (Wildman–Crippen MR) is 142 cm³/mol. The van der Waals surface area contributed by atoms with E-state index in [0.717, 1.165) is 22.3 Å². The molecule has 1 amide bonds. The number of amides is 1. The number of hydrogen-bond donors (Lipinski definition) is 5. The number of ketones is 2. The van der Waals surface area contributed by atoms with Crippen LogP contribution < -0.4 is 5.73 Å². The third kappa shape index (κ3) is 3.30. The molecule has 0 radical (unpaired) electrons. The lowest BCUT2D eigenvalue weighted by Gasteiger charge is -2.50. The minimum absolute atomic E-state index is 0.0557. The number of allylic oxidation sites excluding steroid dienone is 1. The lowest BCUT2D eigenvalue weighted by Crippen LogP contribution is -2.65. The number of nitrogens with two attached hydrogens (primary N) is 1. The van der Waals surface area contributed by atoms with Crippen molar-refractivity contribution in [3.63, 3.8) is 0 Å². The maximum absolute atomic E-state index is 14.0. The fourth-order valence-corrected chi connectivity index (χ4v) is 7.00. The summed E-state index contributed by atoms with van der Waals surface area (Å²) in [6.45, 7) is 0. The van der Waals surface area contributed by atoms with Crippen LogP contribution in [0.2, 0.25) is 0 Å². The Morgan fingerprint density at radius 2 is 1.79 bits per heavy atom. The van der Waals surface area contributed by atoms with Gasteiger partial charge in [-0.1, -0.05) is 36.4 Å². The maximum Gasteiger partial charge on any atom is 0.255 e. The largest absolute Gasteiger partial charge is 0.508 e. The number of rotatable bonds is 3. The van der Waals surface area contributed by atoms with Gasteiger partial charge >= 0.3 is 0 Å². The fraction of sp³-hybridized carbons (Fsp3) is 0.300. The van der Waals surface area contributed by atoms with Crippen LogP contribution in [-0.4, -0.2) is 68.5 Å². The van der Waals surface area contributed by atoms with E-state index in [4.69, 9.17) is 5.73 Å². The van der Waals surface area contributed by atoms with E-state index in [0.29, 0.717) is 12.0 Å². The molecule has 2 aromatic carbocycles. The third-order valence-electron chi connectivity index (χ3n) is 8.72. The number of benzene rings is 2. The number of Topliss-reactive ketones (excluding diaryl/α,β-unsaturated/α-hetero) is 2. The molecule has 0 aromatic heterocycles. The second-order valence-corrected chi connectivity index (χ2v) is 11.0. The number of primary amides is 1. The Bertz CT molecular complexity index is 1600. The number of carbonyl (C=O) groups excluding carboxylic acids is 3. The summed E-state index contributed by atoms with van der Waals surface area (Å²) in [4.78, 5) is 40.8. The molecule has 9 nitrogen and oxygen atoms in total. The van der Waals surface area contributed by atoms with Crippen molar-refractivity contribution in [2.24, 2.45) is 17.6 Å². The smallest absolute Gasteiger partial charge is 0.255 e. The summed E-state index contributed by atoms with van der Waals surface area (Å²) in [5.74, 6) is -6.56. The number of aliphatic hydroxyl groups is 3. The first-order chi connectivity index (χ1) is 18.5. The Balaban J connectivity index is 1.53. The normalized spacial score (nSPS) is 27.7. The lowest BCUT2D eigenvalue weighted by atomic mass is 9.57. The quantitative estimate of drug-likeness (QED) is 0.378. The minimum Gasteiger partial charge on any atom is -0.508 e. The van der Waals surface area contributed by atoms with Gasteiger partial charge in [0, 0.05) is 11.5 Å². The van der Waals surface area contributed by atoms with E-state index < -0.39 is 58.0 Å². The van der Waals surface area contributed by atoms with E-state index in [1.165, 1.54) is 11.0 Å². The van der Waals surface area contributed by atoms with Crippen molar-refractivity contribution in [1.29, 1.82) is 0 Å². The molecular weight excluding hydrogens is 500 g/mol. The molecule has 200 valence electrons. The first-order valence-electron chi connectivity index (χ1n) is 12.7. The molecule has 6 rings (SSSR count). The average Bonchev–Trinajstić information content (AvgIpc) is 3.30. The third-order valence-corrected chi connectivity index (χ3v) is 8.72.